The van der Waals surface area contributed by atoms with Crippen LogP contribution in [-0.4, -0.2) is 54.0 Å². The first-order valence-corrected chi connectivity index (χ1v) is 11.6. The van der Waals surface area contributed by atoms with E-state index in [1.165, 1.54) is 6.26 Å². The van der Waals surface area contributed by atoms with E-state index in [4.69, 9.17) is 0 Å². The zero-order chi connectivity index (χ0) is 20.4. The van der Waals surface area contributed by atoms with Crippen LogP contribution in [0.1, 0.15) is 34.5 Å². The van der Waals surface area contributed by atoms with E-state index in [1.807, 2.05) is 60.7 Å². The van der Waals surface area contributed by atoms with E-state index in [1.54, 1.807) is 4.90 Å². The predicted octanol–water partition coefficient (Wildman–Crippen LogP) is 3.80. The largest absolute Gasteiger partial charge is 0.339 e. The van der Waals surface area contributed by atoms with Gasteiger partial charge in [-0.05, 0) is 42.7 Å². The number of amides is 1. The van der Waals surface area contributed by atoms with Crippen molar-refractivity contribution in [3.8, 4) is 0 Å². The summed E-state index contributed by atoms with van der Waals surface area (Å²) in [4.78, 5) is 14.4. The van der Waals surface area contributed by atoms with Crippen molar-refractivity contribution in [2.75, 3.05) is 19.3 Å². The molecule has 1 fully saturated rings. The van der Waals surface area contributed by atoms with Crippen LogP contribution in [-0.2, 0) is 9.84 Å². The average molecular weight is 446 g/mol. The molecule has 3 aromatic rings. The monoisotopic (exact) mass is 445 g/mol. The average Bonchev–Trinajstić information content (AvgIpc) is 3.15. The van der Waals surface area contributed by atoms with Gasteiger partial charge in [0.05, 0.1) is 16.5 Å². The minimum atomic E-state index is -3.04. The van der Waals surface area contributed by atoms with Crippen LogP contribution in [0.25, 0.3) is 23.1 Å². The Morgan fingerprint density at radius 1 is 1.07 bits per heavy atom. The molecule has 1 aliphatic heterocycles. The van der Waals surface area contributed by atoms with Gasteiger partial charge in [0, 0.05) is 30.3 Å². The lowest BCUT2D eigenvalue weighted by Crippen LogP contribution is -2.42. The normalized spacial score (nSPS) is 15.4. The summed E-state index contributed by atoms with van der Waals surface area (Å²) in [5, 5.41) is 8.06. The Bertz CT molecular complexity index is 1160. The number of H-pyrrole nitrogens is 1. The quantitative estimate of drug-likeness (QED) is 0.662. The van der Waals surface area contributed by atoms with Crippen molar-refractivity contribution in [2.45, 2.75) is 18.1 Å². The van der Waals surface area contributed by atoms with Crippen LogP contribution < -0.4 is 0 Å². The molecule has 0 atom stereocenters. The minimum absolute atomic E-state index is 0. The number of likely N-dealkylation sites (tertiary alicyclic amines) is 1. The number of para-hydroxylation sites is 1. The molecule has 158 valence electrons. The van der Waals surface area contributed by atoms with Crippen LogP contribution >= 0.6 is 12.4 Å². The maximum Gasteiger partial charge on any atom is 0.253 e. The Morgan fingerprint density at radius 2 is 1.73 bits per heavy atom. The molecular formula is C22H24ClN3O3S. The molecule has 2 aromatic carbocycles. The zero-order valence-electron chi connectivity index (χ0n) is 16.6. The summed E-state index contributed by atoms with van der Waals surface area (Å²) in [6.45, 7) is 0.953. The van der Waals surface area contributed by atoms with Gasteiger partial charge >= 0.3 is 0 Å². The first-order chi connectivity index (χ1) is 13.9. The number of benzene rings is 2. The molecule has 4 rings (SSSR count). The molecule has 0 aliphatic carbocycles. The topological polar surface area (TPSA) is 83.1 Å². The molecule has 1 aliphatic rings. The fourth-order valence-electron chi connectivity index (χ4n) is 3.69. The summed E-state index contributed by atoms with van der Waals surface area (Å²) in [6.07, 6.45) is 6.19. The van der Waals surface area contributed by atoms with Gasteiger partial charge in [0.2, 0.25) is 0 Å². The second-order valence-corrected chi connectivity index (χ2v) is 9.76. The number of hydrogen-bond acceptors (Lipinski definition) is 4. The number of halogens is 1. The van der Waals surface area contributed by atoms with Crippen LogP contribution in [0.15, 0.2) is 48.5 Å². The molecule has 1 saturated heterocycles. The van der Waals surface area contributed by atoms with Gasteiger partial charge in [0.1, 0.15) is 9.84 Å². The Labute approximate surface area is 182 Å². The lowest BCUT2D eigenvalue weighted by atomic mass is 10.1. The standard InChI is InChI=1S/C22H23N3O3S.ClH/c1-29(27,28)18-12-14-25(15-13-18)22(26)17-9-6-16(7-10-17)8-11-21-19-4-2-3-5-20(19)23-24-21;/h2-11,18H,12-15H2,1H3,(H,23,24);1H. The summed E-state index contributed by atoms with van der Waals surface area (Å²) < 4.78 is 23.3. The second-order valence-electron chi connectivity index (χ2n) is 7.43. The number of sulfone groups is 1. The van der Waals surface area contributed by atoms with Crippen molar-refractivity contribution in [3.05, 3.63) is 65.4 Å². The number of nitrogens with one attached hydrogen (secondary N) is 1. The third-order valence-electron chi connectivity index (χ3n) is 5.43. The van der Waals surface area contributed by atoms with Gasteiger partial charge in [0.15, 0.2) is 0 Å². The van der Waals surface area contributed by atoms with Crippen LogP contribution in [0.3, 0.4) is 0 Å². The summed E-state index contributed by atoms with van der Waals surface area (Å²) in [5.74, 6) is -0.0502. The molecule has 0 saturated carbocycles. The Morgan fingerprint density at radius 3 is 2.40 bits per heavy atom. The van der Waals surface area contributed by atoms with E-state index in [9.17, 15) is 13.2 Å². The molecule has 1 N–H and O–H groups in total. The van der Waals surface area contributed by atoms with E-state index < -0.39 is 9.84 Å². The number of carbonyl (C=O) groups is 1. The molecular weight excluding hydrogens is 422 g/mol. The predicted molar refractivity (Wildman–Crippen MR) is 122 cm³/mol. The van der Waals surface area contributed by atoms with Crippen molar-refractivity contribution >= 4 is 51.2 Å². The fraction of sp³-hybridized carbons (Fsp3) is 0.273. The number of carbonyl (C=O) groups excluding carboxylic acids is 1. The van der Waals surface area contributed by atoms with E-state index in [-0.39, 0.29) is 23.6 Å². The molecule has 8 heteroatoms. The fourth-order valence-corrected chi connectivity index (χ4v) is 4.76. The highest BCUT2D eigenvalue weighted by Crippen LogP contribution is 2.20. The highest BCUT2D eigenvalue weighted by atomic mass is 35.5. The van der Waals surface area contributed by atoms with Crippen LogP contribution in [0.4, 0.5) is 0 Å². The van der Waals surface area contributed by atoms with Crippen LogP contribution in [0.5, 0.6) is 0 Å². The van der Waals surface area contributed by atoms with Gasteiger partial charge in [-0.2, -0.15) is 5.10 Å². The Balaban J connectivity index is 0.00000256. The molecule has 1 aromatic heterocycles. The summed E-state index contributed by atoms with van der Waals surface area (Å²) in [5.41, 5.74) is 3.46. The van der Waals surface area contributed by atoms with Crippen molar-refractivity contribution in [2.24, 2.45) is 0 Å². The summed E-state index contributed by atoms with van der Waals surface area (Å²) in [7, 11) is -3.04. The highest BCUT2D eigenvalue weighted by molar-refractivity contribution is 7.91. The molecule has 0 spiro atoms. The van der Waals surface area contributed by atoms with E-state index >= 15 is 0 Å². The number of aromatic nitrogens is 2. The van der Waals surface area contributed by atoms with Crippen molar-refractivity contribution in [1.82, 2.24) is 15.1 Å². The van der Waals surface area contributed by atoms with Crippen molar-refractivity contribution in [3.63, 3.8) is 0 Å². The first-order valence-electron chi connectivity index (χ1n) is 9.61. The third-order valence-corrected chi connectivity index (χ3v) is 7.11. The maximum atomic E-state index is 12.7. The first kappa shape index (κ1) is 22.1. The van der Waals surface area contributed by atoms with Crippen LogP contribution in [0.2, 0.25) is 0 Å². The number of hydrogen-bond donors (Lipinski definition) is 1. The molecule has 1 amide bonds. The van der Waals surface area contributed by atoms with Crippen LogP contribution in [0, 0.1) is 0 Å². The summed E-state index contributed by atoms with van der Waals surface area (Å²) in [6, 6.07) is 15.4. The number of piperidine rings is 1. The third kappa shape index (κ3) is 4.74. The lowest BCUT2D eigenvalue weighted by Gasteiger charge is -2.31. The maximum absolute atomic E-state index is 12.7. The zero-order valence-corrected chi connectivity index (χ0v) is 18.2. The van der Waals surface area contributed by atoms with Gasteiger partial charge in [-0.25, -0.2) is 8.42 Å². The minimum Gasteiger partial charge on any atom is -0.339 e. The van der Waals surface area contributed by atoms with E-state index in [0.717, 1.165) is 22.2 Å². The van der Waals surface area contributed by atoms with Gasteiger partial charge < -0.3 is 4.90 Å². The number of aromatic amines is 1. The number of nitrogens with zero attached hydrogens (tertiary/aromatic N) is 2. The van der Waals surface area contributed by atoms with Gasteiger partial charge in [-0.3, -0.25) is 9.89 Å². The van der Waals surface area contributed by atoms with Gasteiger partial charge in [-0.15, -0.1) is 12.4 Å². The van der Waals surface area contributed by atoms with Gasteiger partial charge in [0.25, 0.3) is 5.91 Å². The number of fused-ring (bicyclic) bond motifs is 1. The molecule has 0 bridgehead atoms. The molecule has 6 nitrogen and oxygen atoms in total. The number of rotatable bonds is 4. The van der Waals surface area contributed by atoms with Gasteiger partial charge in [-0.1, -0.05) is 36.4 Å². The van der Waals surface area contributed by atoms with E-state index in [2.05, 4.69) is 10.2 Å². The Hall–Kier alpha value is -2.64. The van der Waals surface area contributed by atoms with Crippen molar-refractivity contribution in [1.29, 1.82) is 0 Å². The molecule has 0 radical (unpaired) electrons. The Kier molecular flexibility index (Phi) is 6.63. The summed E-state index contributed by atoms with van der Waals surface area (Å²) >= 11 is 0. The smallest absolute Gasteiger partial charge is 0.253 e. The lowest BCUT2D eigenvalue weighted by molar-refractivity contribution is 0.0725. The molecule has 0 unspecified atom stereocenters. The SMILES string of the molecule is CS(=O)(=O)C1CCN(C(=O)c2ccc(C=Cc3n[nH]c4ccccc34)cc2)CC1.Cl. The molecule has 30 heavy (non-hydrogen) atoms. The second kappa shape index (κ2) is 9.02. The van der Waals surface area contributed by atoms with E-state index in [0.29, 0.717) is 31.5 Å². The van der Waals surface area contributed by atoms with Crippen molar-refractivity contribution < 1.29 is 13.2 Å². The molecule has 2 heterocycles. The highest BCUT2D eigenvalue weighted by Gasteiger charge is 2.29.